The Kier molecular flexibility index (Phi) is 12.0. The summed E-state index contributed by atoms with van der Waals surface area (Å²) in [4.78, 5) is 35.6. The van der Waals surface area contributed by atoms with Gasteiger partial charge >= 0.3 is 5.97 Å². The van der Waals surface area contributed by atoms with Crippen molar-refractivity contribution in [3.63, 3.8) is 0 Å². The molecule has 3 aliphatic rings. The zero-order valence-corrected chi connectivity index (χ0v) is 24.9. The van der Waals surface area contributed by atoms with Gasteiger partial charge in [-0.2, -0.15) is 0 Å². The Morgan fingerprint density at radius 1 is 1.12 bits per heavy atom. The molecule has 2 amide bonds. The number of epoxide rings is 1. The van der Waals surface area contributed by atoms with Crippen LogP contribution in [0.25, 0.3) is 0 Å². The van der Waals surface area contributed by atoms with E-state index in [1.807, 2.05) is 13.8 Å². The van der Waals surface area contributed by atoms with Gasteiger partial charge in [-0.3, -0.25) is 14.4 Å². The Labute approximate surface area is 239 Å². The van der Waals surface area contributed by atoms with Crippen LogP contribution in [0.5, 0.6) is 0 Å². The Morgan fingerprint density at radius 3 is 2.55 bits per heavy atom. The molecule has 9 nitrogen and oxygen atoms in total. The number of rotatable bonds is 12. The van der Waals surface area contributed by atoms with Gasteiger partial charge in [-0.15, -0.1) is 0 Å². The largest absolute Gasteiger partial charge is 0.459 e. The molecule has 9 heteroatoms. The maximum Gasteiger partial charge on any atom is 0.303 e. The lowest BCUT2D eigenvalue weighted by Gasteiger charge is -2.39. The minimum atomic E-state index is -0.457. The summed E-state index contributed by atoms with van der Waals surface area (Å²) in [5.41, 5.74) is 0.993. The lowest BCUT2D eigenvalue weighted by molar-refractivity contribution is -0.143. The van der Waals surface area contributed by atoms with E-state index in [1.165, 1.54) is 13.0 Å². The maximum absolute atomic E-state index is 12.4. The molecule has 3 heterocycles. The quantitative estimate of drug-likeness (QED) is 0.161. The highest BCUT2D eigenvalue weighted by Gasteiger charge is 2.51. The van der Waals surface area contributed by atoms with Crippen molar-refractivity contribution in [3.8, 4) is 0 Å². The topological polar surface area (TPSA) is 115 Å². The van der Waals surface area contributed by atoms with Crippen LogP contribution < -0.4 is 10.6 Å². The Hall–Kier alpha value is -2.49. The van der Waals surface area contributed by atoms with E-state index in [-0.39, 0.29) is 59.8 Å². The zero-order chi connectivity index (χ0) is 29.3. The lowest BCUT2D eigenvalue weighted by atomic mass is 9.88. The normalized spacial score (nSPS) is 33.2. The fourth-order valence-electron chi connectivity index (χ4n) is 5.42. The van der Waals surface area contributed by atoms with Crippen LogP contribution in [0, 0.1) is 5.92 Å². The molecule has 0 aliphatic carbocycles. The molecular formula is C31H48N2O7. The van der Waals surface area contributed by atoms with Gasteiger partial charge < -0.3 is 29.6 Å². The highest BCUT2D eigenvalue weighted by Crippen LogP contribution is 2.43. The fraction of sp³-hybridized carbons (Fsp3) is 0.710. The summed E-state index contributed by atoms with van der Waals surface area (Å²) in [7, 11) is 0. The van der Waals surface area contributed by atoms with E-state index in [2.05, 4.69) is 42.7 Å². The summed E-state index contributed by atoms with van der Waals surface area (Å²) in [5.74, 6) is -0.302. The molecule has 224 valence electrons. The highest BCUT2D eigenvalue weighted by molar-refractivity contribution is 5.87. The minimum absolute atomic E-state index is 0.0336. The molecule has 3 saturated heterocycles. The molecule has 3 fully saturated rings. The third-order valence-corrected chi connectivity index (χ3v) is 7.74. The molecule has 0 bridgehead atoms. The summed E-state index contributed by atoms with van der Waals surface area (Å²) in [6, 6.07) is -0.0881. The molecule has 0 radical (unpaired) electrons. The number of amides is 2. The molecule has 1 spiro atoms. The first kappa shape index (κ1) is 32.0. The van der Waals surface area contributed by atoms with Crippen LogP contribution in [0.3, 0.4) is 0 Å². The number of carbonyl (C=O) groups is 3. The number of ether oxygens (including phenoxy) is 4. The average molecular weight is 561 g/mol. The van der Waals surface area contributed by atoms with Gasteiger partial charge in [0.2, 0.25) is 11.8 Å². The van der Waals surface area contributed by atoms with Crippen LogP contribution in [-0.4, -0.2) is 73.1 Å². The zero-order valence-electron chi connectivity index (χ0n) is 24.9. The highest BCUT2D eigenvalue weighted by atomic mass is 16.6. The molecule has 0 aromatic rings. The van der Waals surface area contributed by atoms with E-state index in [1.54, 1.807) is 13.0 Å². The molecular weight excluding hydrogens is 512 g/mol. The van der Waals surface area contributed by atoms with Crippen LogP contribution in [0.2, 0.25) is 0 Å². The number of hydrogen-bond acceptors (Lipinski definition) is 7. The first-order valence-electron chi connectivity index (χ1n) is 14.7. The molecule has 0 saturated carbocycles. The summed E-state index contributed by atoms with van der Waals surface area (Å²) >= 11 is 0. The van der Waals surface area contributed by atoms with Crippen LogP contribution in [0.4, 0.5) is 0 Å². The van der Waals surface area contributed by atoms with Gasteiger partial charge in [-0.1, -0.05) is 37.6 Å². The van der Waals surface area contributed by atoms with Gasteiger partial charge in [0.05, 0.1) is 49.1 Å². The van der Waals surface area contributed by atoms with Crippen LogP contribution in [-0.2, 0) is 33.3 Å². The lowest BCUT2D eigenvalue weighted by Crippen LogP contribution is -2.50. The van der Waals surface area contributed by atoms with Crippen molar-refractivity contribution in [2.45, 2.75) is 122 Å². The van der Waals surface area contributed by atoms with Crippen molar-refractivity contribution in [1.29, 1.82) is 0 Å². The van der Waals surface area contributed by atoms with E-state index in [0.717, 1.165) is 44.3 Å². The van der Waals surface area contributed by atoms with E-state index < -0.39 is 6.10 Å². The number of nitrogens with one attached hydrogen (secondary N) is 2. The van der Waals surface area contributed by atoms with Crippen LogP contribution in [0.1, 0.15) is 80.1 Å². The van der Waals surface area contributed by atoms with Gasteiger partial charge in [-0.25, -0.2) is 0 Å². The van der Waals surface area contributed by atoms with Gasteiger partial charge in [0, 0.05) is 32.4 Å². The number of carbonyl (C=O) groups excluding carboxylic acids is 3. The first-order valence-corrected chi connectivity index (χ1v) is 14.7. The Morgan fingerprint density at radius 2 is 1.88 bits per heavy atom. The van der Waals surface area contributed by atoms with Gasteiger partial charge in [0.15, 0.2) is 0 Å². The van der Waals surface area contributed by atoms with Crippen molar-refractivity contribution >= 4 is 17.8 Å². The predicted octanol–water partition coefficient (Wildman–Crippen LogP) is 3.92. The fourth-order valence-corrected chi connectivity index (χ4v) is 5.42. The molecule has 3 rings (SSSR count). The number of hydrogen-bond donors (Lipinski definition) is 2. The Bertz CT molecular complexity index is 971. The van der Waals surface area contributed by atoms with E-state index >= 15 is 0 Å². The maximum atomic E-state index is 12.4. The summed E-state index contributed by atoms with van der Waals surface area (Å²) in [6.45, 7) is 12.7. The molecule has 0 aromatic heterocycles. The van der Waals surface area contributed by atoms with Crippen LogP contribution in [0.15, 0.2) is 36.0 Å². The summed E-state index contributed by atoms with van der Waals surface area (Å²) in [6.07, 6.45) is 13.1. The van der Waals surface area contributed by atoms with Crippen molar-refractivity contribution in [2.24, 2.45) is 5.92 Å². The first-order chi connectivity index (χ1) is 19.0. The minimum Gasteiger partial charge on any atom is -0.459 e. The molecule has 40 heavy (non-hydrogen) atoms. The SMILES string of the molecule is CCCNC(=O)C[C@@H]1C[C@@]2(CO2)C[C@@H](/C=C/C(C)=C/CC2O[C@H](C)[C@H](NC(=O)/C=C\[C@H](C)OC(C)=O)C[C@@H]2C)O1. The van der Waals surface area contributed by atoms with E-state index in [9.17, 15) is 14.4 Å². The monoisotopic (exact) mass is 560 g/mol. The number of allylic oxidation sites excluding steroid dienone is 2. The third-order valence-electron chi connectivity index (χ3n) is 7.74. The van der Waals surface area contributed by atoms with Gasteiger partial charge in [0.25, 0.3) is 0 Å². The predicted molar refractivity (Wildman–Crippen MR) is 152 cm³/mol. The molecule has 8 atom stereocenters. The molecule has 1 unspecified atom stereocenters. The standard InChI is InChI=1S/C31H48N2O7/c1-7-14-32-30(36)16-26-18-31(19-37-31)17-25(40-26)11-8-20(2)9-12-28-21(3)15-27(23(5)39-28)33-29(35)13-10-22(4)38-24(6)34/h8-11,13,21-23,25-28H,7,12,14-19H2,1-6H3,(H,32,36)(H,33,35)/b11-8+,13-10-,20-9+/t21-,22-,23+,25+,26+,27+,28?,31+/m0/s1. The second kappa shape index (κ2) is 14.9. The van der Waals surface area contributed by atoms with Gasteiger partial charge in [0.1, 0.15) is 6.10 Å². The third kappa shape index (κ3) is 10.5. The van der Waals surface area contributed by atoms with E-state index in [4.69, 9.17) is 18.9 Å². The van der Waals surface area contributed by atoms with Crippen molar-refractivity contribution < 1.29 is 33.3 Å². The van der Waals surface area contributed by atoms with Crippen molar-refractivity contribution in [1.82, 2.24) is 10.6 Å². The Balaban J connectivity index is 1.46. The van der Waals surface area contributed by atoms with Gasteiger partial charge in [-0.05, 0) is 52.0 Å². The second-order valence-electron chi connectivity index (χ2n) is 11.7. The second-order valence-corrected chi connectivity index (χ2v) is 11.7. The molecule has 0 aromatic carbocycles. The van der Waals surface area contributed by atoms with Crippen LogP contribution >= 0.6 is 0 Å². The van der Waals surface area contributed by atoms with Crippen molar-refractivity contribution in [3.05, 3.63) is 36.0 Å². The summed E-state index contributed by atoms with van der Waals surface area (Å²) in [5, 5.41) is 5.96. The van der Waals surface area contributed by atoms with E-state index in [0.29, 0.717) is 13.0 Å². The van der Waals surface area contributed by atoms with Crippen molar-refractivity contribution in [2.75, 3.05) is 13.2 Å². The molecule has 2 N–H and O–H groups in total. The number of esters is 1. The smallest absolute Gasteiger partial charge is 0.303 e. The summed E-state index contributed by atoms with van der Waals surface area (Å²) < 4.78 is 23.3. The molecule has 3 aliphatic heterocycles. The average Bonchev–Trinajstić information content (AvgIpc) is 3.62.